The van der Waals surface area contributed by atoms with Crippen molar-refractivity contribution in [3.63, 3.8) is 0 Å². The maximum absolute atomic E-state index is 13.0. The van der Waals surface area contributed by atoms with Gasteiger partial charge in [0.1, 0.15) is 0 Å². The summed E-state index contributed by atoms with van der Waals surface area (Å²) in [6.45, 7) is 8.86. The van der Waals surface area contributed by atoms with Crippen molar-refractivity contribution in [2.45, 2.75) is 55.7 Å². The Labute approximate surface area is 187 Å². The molecule has 170 valence electrons. The number of aryl methyl sites for hydroxylation is 1. The first-order valence-corrected chi connectivity index (χ1v) is 13.5. The third-order valence-electron chi connectivity index (χ3n) is 5.66. The second-order valence-corrected chi connectivity index (χ2v) is 12.9. The summed E-state index contributed by atoms with van der Waals surface area (Å²) >= 11 is 0. The van der Waals surface area contributed by atoms with Gasteiger partial charge < -0.3 is 0 Å². The van der Waals surface area contributed by atoms with Crippen LogP contribution in [0.1, 0.15) is 45.2 Å². The van der Waals surface area contributed by atoms with Gasteiger partial charge in [-0.2, -0.15) is 8.61 Å². The van der Waals surface area contributed by atoms with Gasteiger partial charge in [0.05, 0.1) is 9.79 Å². The molecule has 31 heavy (non-hydrogen) atoms. The summed E-state index contributed by atoms with van der Waals surface area (Å²) in [6, 6.07) is 13.9. The summed E-state index contributed by atoms with van der Waals surface area (Å²) in [4.78, 5) is 0.491. The van der Waals surface area contributed by atoms with Crippen LogP contribution in [0.25, 0.3) is 0 Å². The van der Waals surface area contributed by atoms with E-state index in [4.69, 9.17) is 0 Å². The number of sulfonamides is 2. The van der Waals surface area contributed by atoms with Crippen LogP contribution in [0.3, 0.4) is 0 Å². The third kappa shape index (κ3) is 5.19. The second-order valence-electron chi connectivity index (χ2n) is 8.98. The molecule has 1 saturated heterocycles. The zero-order valence-electron chi connectivity index (χ0n) is 18.7. The Morgan fingerprint density at radius 2 is 1.10 bits per heavy atom. The molecule has 3 rings (SSSR count). The monoisotopic (exact) mass is 464 g/mol. The van der Waals surface area contributed by atoms with Gasteiger partial charge in [-0.3, -0.25) is 0 Å². The van der Waals surface area contributed by atoms with E-state index in [1.807, 2.05) is 24.3 Å². The first kappa shape index (κ1) is 23.9. The van der Waals surface area contributed by atoms with E-state index in [1.54, 1.807) is 24.3 Å². The van der Waals surface area contributed by atoms with Gasteiger partial charge in [-0.15, -0.1) is 0 Å². The van der Waals surface area contributed by atoms with Crippen molar-refractivity contribution in [1.82, 2.24) is 8.61 Å². The van der Waals surface area contributed by atoms with E-state index in [9.17, 15) is 16.8 Å². The van der Waals surface area contributed by atoms with Crippen LogP contribution in [0.4, 0.5) is 0 Å². The zero-order valence-corrected chi connectivity index (χ0v) is 20.3. The molecule has 0 bridgehead atoms. The molecule has 8 heteroatoms. The number of piperazine rings is 1. The van der Waals surface area contributed by atoms with Crippen LogP contribution >= 0.6 is 0 Å². The average molecular weight is 465 g/mol. The van der Waals surface area contributed by atoms with Gasteiger partial charge in [0.2, 0.25) is 20.0 Å². The molecule has 2 aromatic carbocycles. The van der Waals surface area contributed by atoms with E-state index in [-0.39, 0.29) is 41.4 Å². The van der Waals surface area contributed by atoms with E-state index in [0.29, 0.717) is 0 Å². The highest BCUT2D eigenvalue weighted by molar-refractivity contribution is 7.89. The number of rotatable bonds is 6. The molecular formula is C23H32N2O4S2. The molecule has 1 aliphatic heterocycles. The molecule has 6 nitrogen and oxygen atoms in total. The Bertz CT molecular complexity index is 1090. The lowest BCUT2D eigenvalue weighted by molar-refractivity contribution is 0.273. The van der Waals surface area contributed by atoms with Crippen molar-refractivity contribution in [1.29, 1.82) is 0 Å². The summed E-state index contributed by atoms with van der Waals surface area (Å²) in [5, 5.41) is 0. The van der Waals surface area contributed by atoms with Gasteiger partial charge >= 0.3 is 0 Å². The Balaban J connectivity index is 1.70. The van der Waals surface area contributed by atoms with Crippen molar-refractivity contribution in [2.24, 2.45) is 0 Å². The molecule has 0 unspecified atom stereocenters. The first-order chi connectivity index (χ1) is 14.5. The SMILES string of the molecule is CCCc1ccc(S(=O)(=O)N2CCN(S(=O)(=O)c3ccc(C(C)(C)C)cc3)CC2)cc1. The molecule has 1 fully saturated rings. The van der Waals surface area contributed by atoms with Crippen LogP contribution in [-0.4, -0.2) is 51.6 Å². The molecular weight excluding hydrogens is 432 g/mol. The number of benzene rings is 2. The molecule has 0 N–H and O–H groups in total. The lowest BCUT2D eigenvalue weighted by Crippen LogP contribution is -2.50. The summed E-state index contributed by atoms with van der Waals surface area (Å²) < 4.78 is 54.7. The van der Waals surface area contributed by atoms with Crippen molar-refractivity contribution in [3.8, 4) is 0 Å². The first-order valence-electron chi connectivity index (χ1n) is 10.7. The van der Waals surface area contributed by atoms with Gasteiger partial charge in [0.15, 0.2) is 0 Å². The van der Waals surface area contributed by atoms with E-state index < -0.39 is 20.0 Å². The summed E-state index contributed by atoms with van der Waals surface area (Å²) in [6.07, 6.45) is 1.91. The lowest BCUT2D eigenvalue weighted by Gasteiger charge is -2.33. The van der Waals surface area contributed by atoms with Crippen LogP contribution in [0.2, 0.25) is 0 Å². The molecule has 1 heterocycles. The lowest BCUT2D eigenvalue weighted by atomic mass is 9.87. The summed E-state index contributed by atoms with van der Waals surface area (Å²) in [7, 11) is -7.30. The fourth-order valence-electron chi connectivity index (χ4n) is 3.69. The second kappa shape index (κ2) is 9.02. The normalized spacial score (nSPS) is 17.0. The van der Waals surface area contributed by atoms with Crippen molar-refractivity contribution in [3.05, 3.63) is 59.7 Å². The molecule has 0 radical (unpaired) electrons. The minimum Gasteiger partial charge on any atom is -0.207 e. The molecule has 0 aliphatic carbocycles. The van der Waals surface area contributed by atoms with Crippen LogP contribution in [0, 0.1) is 0 Å². The molecule has 0 spiro atoms. The zero-order chi connectivity index (χ0) is 22.9. The predicted octanol–water partition coefficient (Wildman–Crippen LogP) is 3.63. The predicted molar refractivity (Wildman–Crippen MR) is 123 cm³/mol. The van der Waals surface area contributed by atoms with E-state index in [0.717, 1.165) is 24.0 Å². The van der Waals surface area contributed by atoms with Gasteiger partial charge in [-0.25, -0.2) is 16.8 Å². The van der Waals surface area contributed by atoms with E-state index >= 15 is 0 Å². The van der Waals surface area contributed by atoms with Gasteiger partial charge in [0.25, 0.3) is 0 Å². The molecule has 1 aliphatic rings. The average Bonchev–Trinajstić information content (AvgIpc) is 2.74. The number of hydrogen-bond donors (Lipinski definition) is 0. The van der Waals surface area contributed by atoms with Crippen LogP contribution in [-0.2, 0) is 31.9 Å². The van der Waals surface area contributed by atoms with Crippen molar-refractivity contribution >= 4 is 20.0 Å². The quantitative estimate of drug-likeness (QED) is 0.654. The van der Waals surface area contributed by atoms with Gasteiger partial charge in [0, 0.05) is 26.2 Å². The van der Waals surface area contributed by atoms with E-state index in [2.05, 4.69) is 27.7 Å². The molecule has 2 aromatic rings. The van der Waals surface area contributed by atoms with Crippen LogP contribution in [0.5, 0.6) is 0 Å². The Morgan fingerprint density at radius 3 is 1.45 bits per heavy atom. The van der Waals surface area contributed by atoms with Crippen molar-refractivity contribution < 1.29 is 16.8 Å². The highest BCUT2D eigenvalue weighted by Gasteiger charge is 2.33. The fourth-order valence-corrected chi connectivity index (χ4v) is 6.54. The highest BCUT2D eigenvalue weighted by atomic mass is 32.2. The van der Waals surface area contributed by atoms with Gasteiger partial charge in [-0.05, 0) is 47.2 Å². The molecule has 0 aromatic heterocycles. The third-order valence-corrected chi connectivity index (χ3v) is 9.48. The summed E-state index contributed by atoms with van der Waals surface area (Å²) in [5.74, 6) is 0. The van der Waals surface area contributed by atoms with Gasteiger partial charge in [-0.1, -0.05) is 58.4 Å². The number of nitrogens with zero attached hydrogens (tertiary/aromatic N) is 2. The fraction of sp³-hybridized carbons (Fsp3) is 0.478. The minimum atomic E-state index is -3.66. The van der Waals surface area contributed by atoms with E-state index in [1.165, 1.54) is 8.61 Å². The maximum Gasteiger partial charge on any atom is 0.243 e. The largest absolute Gasteiger partial charge is 0.243 e. The molecule has 0 atom stereocenters. The van der Waals surface area contributed by atoms with Crippen LogP contribution in [0.15, 0.2) is 58.3 Å². The smallest absolute Gasteiger partial charge is 0.207 e. The molecule has 0 saturated carbocycles. The number of hydrogen-bond acceptors (Lipinski definition) is 4. The Hall–Kier alpha value is -1.74. The Morgan fingerprint density at radius 1 is 0.710 bits per heavy atom. The van der Waals surface area contributed by atoms with Crippen LogP contribution < -0.4 is 0 Å². The molecule has 0 amide bonds. The standard InChI is InChI=1S/C23H32N2O4S2/c1-5-6-19-7-11-21(12-8-19)30(26,27)24-15-17-25(18-16-24)31(28,29)22-13-9-20(10-14-22)23(2,3)4/h7-14H,5-6,15-18H2,1-4H3. The highest BCUT2D eigenvalue weighted by Crippen LogP contribution is 2.26. The maximum atomic E-state index is 13.0. The Kier molecular flexibility index (Phi) is 6.96. The van der Waals surface area contributed by atoms with Crippen molar-refractivity contribution in [2.75, 3.05) is 26.2 Å². The minimum absolute atomic E-state index is 0.0585. The summed E-state index contributed by atoms with van der Waals surface area (Å²) in [5.41, 5.74) is 2.11. The topological polar surface area (TPSA) is 74.8 Å².